The maximum absolute atomic E-state index is 12.4. The number of rotatable bonds is 3. The molecule has 0 radical (unpaired) electrons. The fourth-order valence-electron chi connectivity index (χ4n) is 2.91. The third-order valence-electron chi connectivity index (χ3n) is 4.06. The van der Waals surface area contributed by atoms with E-state index in [2.05, 4.69) is 16.9 Å². The Bertz CT molecular complexity index is 459. The predicted octanol–water partition coefficient (Wildman–Crippen LogP) is 1.01. The number of amides is 1. The van der Waals surface area contributed by atoms with Crippen molar-refractivity contribution in [2.75, 3.05) is 33.2 Å². The van der Waals surface area contributed by atoms with Gasteiger partial charge in [0, 0.05) is 18.8 Å². The lowest BCUT2D eigenvalue weighted by molar-refractivity contribution is -0.146. The molecule has 3 heterocycles. The van der Waals surface area contributed by atoms with E-state index in [-0.39, 0.29) is 17.9 Å². The summed E-state index contributed by atoms with van der Waals surface area (Å²) in [6.45, 7) is 3.38. The van der Waals surface area contributed by atoms with Crippen molar-refractivity contribution in [1.29, 1.82) is 0 Å². The summed E-state index contributed by atoms with van der Waals surface area (Å²) in [5.74, 6) is 1.10. The Hall–Kier alpha value is -1.62. The molecule has 1 amide bonds. The van der Waals surface area contributed by atoms with Crippen LogP contribution in [-0.4, -0.2) is 60.0 Å². The highest BCUT2D eigenvalue weighted by atomic mass is 16.5. The third kappa shape index (κ3) is 2.93. The van der Waals surface area contributed by atoms with Gasteiger partial charge in [-0.25, -0.2) is 4.98 Å². The second-order valence-corrected chi connectivity index (χ2v) is 5.75. The monoisotopic (exact) mass is 275 g/mol. The summed E-state index contributed by atoms with van der Waals surface area (Å²) < 4.78 is 5.72. The van der Waals surface area contributed by atoms with Gasteiger partial charge in [-0.2, -0.15) is 0 Å². The van der Waals surface area contributed by atoms with Crippen molar-refractivity contribution in [2.24, 2.45) is 5.92 Å². The van der Waals surface area contributed by atoms with E-state index >= 15 is 0 Å². The Morgan fingerprint density at radius 3 is 2.90 bits per heavy atom. The largest absolute Gasteiger partial charge is 0.471 e. The second kappa shape index (κ2) is 5.79. The van der Waals surface area contributed by atoms with Crippen molar-refractivity contribution in [3.8, 4) is 5.88 Å². The van der Waals surface area contributed by atoms with Crippen molar-refractivity contribution in [3.63, 3.8) is 0 Å². The first kappa shape index (κ1) is 13.4. The van der Waals surface area contributed by atoms with Gasteiger partial charge in [0.15, 0.2) is 0 Å². The number of hydrogen-bond acceptors (Lipinski definition) is 4. The highest BCUT2D eigenvalue weighted by Gasteiger charge is 2.36. The zero-order valence-electron chi connectivity index (χ0n) is 11.9. The first-order valence-corrected chi connectivity index (χ1v) is 7.27. The van der Waals surface area contributed by atoms with Gasteiger partial charge < -0.3 is 14.5 Å². The lowest BCUT2D eigenvalue weighted by Gasteiger charge is -2.41. The van der Waals surface area contributed by atoms with Gasteiger partial charge in [-0.3, -0.25) is 4.79 Å². The van der Waals surface area contributed by atoms with E-state index in [1.807, 2.05) is 23.1 Å². The van der Waals surface area contributed by atoms with Crippen LogP contribution in [0.2, 0.25) is 0 Å². The van der Waals surface area contributed by atoms with Crippen molar-refractivity contribution < 1.29 is 9.53 Å². The SMILES string of the molecule is CN1CCCC(C(=O)N2CC(Oc3ccccn3)C2)C1. The summed E-state index contributed by atoms with van der Waals surface area (Å²) in [6, 6.07) is 5.62. The molecule has 1 aromatic heterocycles. The quantitative estimate of drug-likeness (QED) is 0.826. The van der Waals surface area contributed by atoms with Gasteiger partial charge in [-0.05, 0) is 32.5 Å². The number of nitrogens with zero attached hydrogens (tertiary/aromatic N) is 3. The average molecular weight is 275 g/mol. The molecule has 0 saturated carbocycles. The van der Waals surface area contributed by atoms with Gasteiger partial charge in [-0.15, -0.1) is 0 Å². The lowest BCUT2D eigenvalue weighted by Crippen LogP contribution is -2.58. The number of carbonyl (C=O) groups excluding carboxylic acids is 1. The molecular weight excluding hydrogens is 254 g/mol. The van der Waals surface area contributed by atoms with E-state index in [9.17, 15) is 4.79 Å². The number of carbonyl (C=O) groups is 1. The number of pyridine rings is 1. The first-order chi connectivity index (χ1) is 9.72. The van der Waals surface area contributed by atoms with Crippen LogP contribution in [0, 0.1) is 5.92 Å². The molecule has 0 bridgehead atoms. The molecular formula is C15H21N3O2. The maximum atomic E-state index is 12.4. The molecule has 0 aliphatic carbocycles. The van der Waals surface area contributed by atoms with Crippen LogP contribution in [0.25, 0.3) is 0 Å². The van der Waals surface area contributed by atoms with Crippen molar-refractivity contribution >= 4 is 5.91 Å². The minimum atomic E-state index is 0.0928. The molecule has 0 N–H and O–H groups in total. The second-order valence-electron chi connectivity index (χ2n) is 5.75. The van der Waals surface area contributed by atoms with Crippen LogP contribution in [0.1, 0.15) is 12.8 Å². The molecule has 108 valence electrons. The fraction of sp³-hybridized carbons (Fsp3) is 0.600. The standard InChI is InChI=1S/C15H21N3O2/c1-17-8-4-5-12(9-17)15(19)18-10-13(11-18)20-14-6-2-3-7-16-14/h2-3,6-7,12-13H,4-5,8-11H2,1H3. The van der Waals surface area contributed by atoms with E-state index < -0.39 is 0 Å². The van der Waals surface area contributed by atoms with Crippen LogP contribution < -0.4 is 4.74 Å². The number of likely N-dealkylation sites (tertiary alicyclic amines) is 2. The molecule has 2 saturated heterocycles. The molecule has 1 unspecified atom stereocenters. The fourth-order valence-corrected chi connectivity index (χ4v) is 2.91. The molecule has 2 aliphatic rings. The Labute approximate surface area is 119 Å². The molecule has 1 atom stereocenters. The molecule has 5 nitrogen and oxygen atoms in total. The van der Waals surface area contributed by atoms with Gasteiger partial charge >= 0.3 is 0 Å². The Morgan fingerprint density at radius 1 is 1.35 bits per heavy atom. The highest BCUT2D eigenvalue weighted by Crippen LogP contribution is 2.22. The predicted molar refractivity (Wildman–Crippen MR) is 75.5 cm³/mol. The Balaban J connectivity index is 1.46. The molecule has 20 heavy (non-hydrogen) atoms. The number of aromatic nitrogens is 1. The van der Waals surface area contributed by atoms with Gasteiger partial charge in [0.05, 0.1) is 19.0 Å². The summed E-state index contributed by atoms with van der Waals surface area (Å²) in [5.41, 5.74) is 0. The Morgan fingerprint density at radius 2 is 2.20 bits per heavy atom. The molecule has 2 fully saturated rings. The molecule has 1 aromatic rings. The molecule has 2 aliphatic heterocycles. The van der Waals surface area contributed by atoms with Crippen LogP contribution in [0.4, 0.5) is 0 Å². The first-order valence-electron chi connectivity index (χ1n) is 7.27. The summed E-state index contributed by atoms with van der Waals surface area (Å²) in [5, 5.41) is 0. The van der Waals surface area contributed by atoms with E-state index in [1.165, 1.54) is 0 Å². The molecule has 5 heteroatoms. The van der Waals surface area contributed by atoms with Crippen LogP contribution in [-0.2, 0) is 4.79 Å². The zero-order valence-corrected chi connectivity index (χ0v) is 11.9. The van der Waals surface area contributed by atoms with Gasteiger partial charge in [-0.1, -0.05) is 6.07 Å². The van der Waals surface area contributed by atoms with Crippen molar-refractivity contribution in [2.45, 2.75) is 18.9 Å². The number of hydrogen-bond donors (Lipinski definition) is 0. The highest BCUT2D eigenvalue weighted by molar-refractivity contribution is 5.80. The Kier molecular flexibility index (Phi) is 3.87. The summed E-state index contributed by atoms with van der Waals surface area (Å²) in [7, 11) is 2.09. The van der Waals surface area contributed by atoms with E-state index in [1.54, 1.807) is 6.20 Å². The van der Waals surface area contributed by atoms with Gasteiger partial charge in [0.1, 0.15) is 6.10 Å². The van der Waals surface area contributed by atoms with Crippen molar-refractivity contribution in [3.05, 3.63) is 24.4 Å². The minimum Gasteiger partial charge on any atom is -0.471 e. The minimum absolute atomic E-state index is 0.0928. The molecule has 3 rings (SSSR count). The smallest absolute Gasteiger partial charge is 0.227 e. The summed E-state index contributed by atoms with van der Waals surface area (Å²) >= 11 is 0. The normalized spacial score (nSPS) is 24.2. The summed E-state index contributed by atoms with van der Waals surface area (Å²) in [4.78, 5) is 20.6. The van der Waals surface area contributed by atoms with E-state index in [0.717, 1.165) is 25.9 Å². The summed E-state index contributed by atoms with van der Waals surface area (Å²) in [6.07, 6.45) is 3.95. The van der Waals surface area contributed by atoms with E-state index in [4.69, 9.17) is 4.74 Å². The van der Waals surface area contributed by atoms with Crippen LogP contribution in [0.3, 0.4) is 0 Å². The zero-order chi connectivity index (χ0) is 13.9. The molecule has 0 spiro atoms. The van der Waals surface area contributed by atoms with Crippen LogP contribution in [0.5, 0.6) is 5.88 Å². The van der Waals surface area contributed by atoms with Crippen molar-refractivity contribution in [1.82, 2.24) is 14.8 Å². The number of piperidine rings is 1. The van der Waals surface area contributed by atoms with Gasteiger partial charge in [0.25, 0.3) is 0 Å². The van der Waals surface area contributed by atoms with Crippen LogP contribution in [0.15, 0.2) is 24.4 Å². The third-order valence-corrected chi connectivity index (χ3v) is 4.06. The number of ether oxygens (including phenoxy) is 1. The van der Waals surface area contributed by atoms with Crippen LogP contribution >= 0.6 is 0 Å². The topological polar surface area (TPSA) is 45.7 Å². The van der Waals surface area contributed by atoms with Gasteiger partial charge in [0.2, 0.25) is 11.8 Å². The van der Waals surface area contributed by atoms with E-state index in [0.29, 0.717) is 19.0 Å². The maximum Gasteiger partial charge on any atom is 0.227 e. The average Bonchev–Trinajstić information content (AvgIpc) is 2.43. The molecule has 0 aromatic carbocycles. The lowest BCUT2D eigenvalue weighted by atomic mass is 9.95.